The van der Waals surface area contributed by atoms with Crippen molar-refractivity contribution in [3.63, 3.8) is 0 Å². The van der Waals surface area contributed by atoms with Gasteiger partial charge in [-0.25, -0.2) is 0 Å². The molecule has 3 atom stereocenters. The molecule has 1 N–H and O–H groups in total. The van der Waals surface area contributed by atoms with Gasteiger partial charge >= 0.3 is 0 Å². The van der Waals surface area contributed by atoms with Crippen LogP contribution in [0.3, 0.4) is 0 Å². The molecular formula is C14H18Cl3NO. The lowest BCUT2D eigenvalue weighted by atomic mass is 9.74. The SMILES string of the molecule is CO[C@H]1C[C@@H]2CNC[C@]2(c2ccc(Cl)c(Cl)c2)C1.Cl. The van der Waals surface area contributed by atoms with Crippen LogP contribution in [0, 0.1) is 5.92 Å². The van der Waals surface area contributed by atoms with Gasteiger partial charge in [0, 0.05) is 19.1 Å². The van der Waals surface area contributed by atoms with Gasteiger partial charge < -0.3 is 10.1 Å². The van der Waals surface area contributed by atoms with Crippen molar-refractivity contribution in [1.29, 1.82) is 0 Å². The van der Waals surface area contributed by atoms with E-state index >= 15 is 0 Å². The standard InChI is InChI=1S/C14H17Cl2NO.ClH/c1-18-11-4-10-7-17-8-14(10,6-11)9-2-3-12(15)13(16)5-9;/h2-3,5,10-11,17H,4,6-8H2,1H3;1H/t10-,11+,14+;/m1./s1. The molecule has 0 aromatic heterocycles. The quantitative estimate of drug-likeness (QED) is 0.897. The molecule has 2 aliphatic rings. The first-order chi connectivity index (χ1) is 8.65. The molecule has 19 heavy (non-hydrogen) atoms. The Hall–Kier alpha value is 0.01000. The highest BCUT2D eigenvalue weighted by molar-refractivity contribution is 6.42. The van der Waals surface area contributed by atoms with Gasteiger partial charge in [-0.15, -0.1) is 12.4 Å². The van der Waals surface area contributed by atoms with Crippen LogP contribution < -0.4 is 5.32 Å². The van der Waals surface area contributed by atoms with Crippen LogP contribution in [-0.2, 0) is 10.2 Å². The molecule has 3 rings (SSSR count). The first-order valence-electron chi connectivity index (χ1n) is 6.35. The Kier molecular flexibility index (Phi) is 4.69. The number of hydrogen-bond acceptors (Lipinski definition) is 2. The third-order valence-corrected chi connectivity index (χ3v) is 5.32. The second-order valence-electron chi connectivity index (χ2n) is 5.41. The van der Waals surface area contributed by atoms with E-state index in [1.807, 2.05) is 19.2 Å². The molecule has 1 aliphatic heterocycles. The summed E-state index contributed by atoms with van der Waals surface area (Å²) < 4.78 is 5.56. The second-order valence-corrected chi connectivity index (χ2v) is 6.22. The molecule has 1 saturated carbocycles. The van der Waals surface area contributed by atoms with Gasteiger partial charge in [0.2, 0.25) is 0 Å². The molecule has 5 heteroatoms. The van der Waals surface area contributed by atoms with E-state index in [1.54, 1.807) is 0 Å². The Labute approximate surface area is 130 Å². The molecular weight excluding hydrogens is 305 g/mol. The minimum absolute atomic E-state index is 0. The van der Waals surface area contributed by atoms with Gasteiger partial charge in [-0.1, -0.05) is 29.3 Å². The highest BCUT2D eigenvalue weighted by Gasteiger charge is 2.51. The van der Waals surface area contributed by atoms with E-state index in [1.165, 1.54) is 5.56 Å². The summed E-state index contributed by atoms with van der Waals surface area (Å²) >= 11 is 12.2. The lowest BCUT2D eigenvalue weighted by Gasteiger charge is -2.29. The van der Waals surface area contributed by atoms with E-state index in [2.05, 4.69) is 11.4 Å². The van der Waals surface area contributed by atoms with Crippen molar-refractivity contribution in [2.45, 2.75) is 24.4 Å². The van der Waals surface area contributed by atoms with E-state index in [4.69, 9.17) is 27.9 Å². The van der Waals surface area contributed by atoms with Crippen molar-refractivity contribution < 1.29 is 4.74 Å². The zero-order valence-electron chi connectivity index (χ0n) is 10.8. The molecule has 0 amide bonds. The number of methoxy groups -OCH3 is 1. The number of rotatable bonds is 2. The highest BCUT2D eigenvalue weighted by Crippen LogP contribution is 2.49. The van der Waals surface area contributed by atoms with Gasteiger partial charge in [0.15, 0.2) is 0 Å². The number of benzene rings is 1. The number of hydrogen-bond donors (Lipinski definition) is 1. The number of nitrogens with one attached hydrogen (secondary N) is 1. The maximum atomic E-state index is 6.17. The van der Waals surface area contributed by atoms with E-state index in [0.29, 0.717) is 22.1 Å². The maximum Gasteiger partial charge on any atom is 0.0595 e. The summed E-state index contributed by atoms with van der Waals surface area (Å²) in [5, 5.41) is 4.78. The topological polar surface area (TPSA) is 21.3 Å². The largest absolute Gasteiger partial charge is 0.381 e. The van der Waals surface area contributed by atoms with Crippen molar-refractivity contribution in [1.82, 2.24) is 5.32 Å². The van der Waals surface area contributed by atoms with Crippen molar-refractivity contribution in [2.75, 3.05) is 20.2 Å². The molecule has 106 valence electrons. The van der Waals surface area contributed by atoms with Gasteiger partial charge in [0.1, 0.15) is 0 Å². The fraction of sp³-hybridized carbons (Fsp3) is 0.571. The molecule has 2 nitrogen and oxygen atoms in total. The molecule has 0 spiro atoms. The third-order valence-electron chi connectivity index (χ3n) is 4.58. The monoisotopic (exact) mass is 321 g/mol. The summed E-state index contributed by atoms with van der Waals surface area (Å²) in [6.07, 6.45) is 2.56. The van der Waals surface area contributed by atoms with E-state index in [9.17, 15) is 0 Å². The van der Waals surface area contributed by atoms with Crippen molar-refractivity contribution >= 4 is 35.6 Å². The lowest BCUT2D eigenvalue weighted by molar-refractivity contribution is 0.100. The molecule has 1 aromatic carbocycles. The Balaban J connectivity index is 0.00000133. The predicted octanol–water partition coefficient (Wildman–Crippen LogP) is 3.68. The van der Waals surface area contributed by atoms with Crippen LogP contribution in [0.2, 0.25) is 10.0 Å². The second kappa shape index (κ2) is 5.79. The number of ether oxygens (including phenoxy) is 1. The van der Waals surface area contributed by atoms with Crippen molar-refractivity contribution in [3.8, 4) is 0 Å². The summed E-state index contributed by atoms with van der Waals surface area (Å²) in [7, 11) is 1.81. The smallest absolute Gasteiger partial charge is 0.0595 e. The molecule has 1 aliphatic carbocycles. The van der Waals surface area contributed by atoms with Crippen LogP contribution in [-0.4, -0.2) is 26.3 Å². The van der Waals surface area contributed by atoms with Gasteiger partial charge in [0.05, 0.1) is 16.1 Å². The highest BCUT2D eigenvalue weighted by atomic mass is 35.5. The van der Waals surface area contributed by atoms with Gasteiger partial charge in [-0.05, 0) is 43.0 Å². The Morgan fingerprint density at radius 1 is 1.32 bits per heavy atom. The first-order valence-corrected chi connectivity index (χ1v) is 7.10. The summed E-state index contributed by atoms with van der Waals surface area (Å²) in [4.78, 5) is 0. The van der Waals surface area contributed by atoms with E-state index in [0.717, 1.165) is 25.9 Å². The normalized spacial score (nSPS) is 33.0. The first kappa shape index (κ1) is 15.4. The van der Waals surface area contributed by atoms with E-state index < -0.39 is 0 Å². The average molecular weight is 323 g/mol. The van der Waals surface area contributed by atoms with Gasteiger partial charge in [-0.2, -0.15) is 0 Å². The number of fused-ring (bicyclic) bond motifs is 1. The van der Waals surface area contributed by atoms with Crippen LogP contribution in [0.4, 0.5) is 0 Å². The molecule has 1 aromatic rings. The summed E-state index contributed by atoms with van der Waals surface area (Å²) in [6.45, 7) is 2.08. The van der Waals surface area contributed by atoms with Gasteiger partial charge in [-0.3, -0.25) is 0 Å². The predicted molar refractivity (Wildman–Crippen MR) is 81.8 cm³/mol. The van der Waals surface area contributed by atoms with Crippen LogP contribution in [0.25, 0.3) is 0 Å². The lowest BCUT2D eigenvalue weighted by Crippen LogP contribution is -2.31. The van der Waals surface area contributed by atoms with Crippen LogP contribution in [0.5, 0.6) is 0 Å². The van der Waals surface area contributed by atoms with E-state index in [-0.39, 0.29) is 17.8 Å². The average Bonchev–Trinajstić information content (AvgIpc) is 2.89. The Morgan fingerprint density at radius 3 is 2.79 bits per heavy atom. The fourth-order valence-corrected chi connectivity index (χ4v) is 3.90. The molecule has 2 fully saturated rings. The fourth-order valence-electron chi connectivity index (χ4n) is 3.60. The maximum absolute atomic E-state index is 6.17. The zero-order chi connectivity index (χ0) is 12.8. The zero-order valence-corrected chi connectivity index (χ0v) is 13.1. The van der Waals surface area contributed by atoms with Crippen molar-refractivity contribution in [2.24, 2.45) is 5.92 Å². The molecule has 1 saturated heterocycles. The minimum Gasteiger partial charge on any atom is -0.381 e. The Morgan fingerprint density at radius 2 is 2.11 bits per heavy atom. The van der Waals surface area contributed by atoms with Crippen LogP contribution in [0.15, 0.2) is 18.2 Å². The summed E-state index contributed by atoms with van der Waals surface area (Å²) in [5.41, 5.74) is 1.47. The third kappa shape index (κ3) is 2.50. The molecule has 1 heterocycles. The van der Waals surface area contributed by atoms with Gasteiger partial charge in [0.25, 0.3) is 0 Å². The summed E-state index contributed by atoms with van der Waals surface area (Å²) in [5.74, 6) is 0.639. The molecule has 0 unspecified atom stereocenters. The molecule has 0 bridgehead atoms. The Bertz CT molecular complexity index is 468. The van der Waals surface area contributed by atoms with Crippen molar-refractivity contribution in [3.05, 3.63) is 33.8 Å². The number of halogens is 3. The van der Waals surface area contributed by atoms with Crippen LogP contribution in [0.1, 0.15) is 18.4 Å². The van der Waals surface area contributed by atoms with Crippen LogP contribution >= 0.6 is 35.6 Å². The molecule has 0 radical (unpaired) electrons. The summed E-state index contributed by atoms with van der Waals surface area (Å²) in [6, 6.07) is 6.05. The minimum atomic E-state index is 0.